The van der Waals surface area contributed by atoms with Crippen molar-refractivity contribution in [1.29, 1.82) is 0 Å². The van der Waals surface area contributed by atoms with Gasteiger partial charge in [0.05, 0.1) is 0 Å². The van der Waals surface area contributed by atoms with Crippen LogP contribution in [0.4, 0.5) is 0 Å². The fourth-order valence-corrected chi connectivity index (χ4v) is 8.08. The summed E-state index contributed by atoms with van der Waals surface area (Å²) in [6.07, 6.45) is 78.2. The second-order valence-corrected chi connectivity index (χ2v) is 19.5. The van der Waals surface area contributed by atoms with Crippen LogP contribution in [-0.4, -0.2) is 37.2 Å². The van der Waals surface area contributed by atoms with Crippen molar-refractivity contribution >= 4 is 17.9 Å². The molecule has 0 heterocycles. The van der Waals surface area contributed by atoms with E-state index in [2.05, 4.69) is 118 Å². The van der Waals surface area contributed by atoms with Crippen molar-refractivity contribution in [3.63, 3.8) is 0 Å². The van der Waals surface area contributed by atoms with E-state index in [1.54, 1.807) is 0 Å². The summed E-state index contributed by atoms with van der Waals surface area (Å²) in [5.41, 5.74) is 0. The van der Waals surface area contributed by atoms with Crippen LogP contribution in [0.5, 0.6) is 0 Å². The molecule has 0 aliphatic rings. The summed E-state index contributed by atoms with van der Waals surface area (Å²) in [4.78, 5) is 38.2. The van der Waals surface area contributed by atoms with Crippen LogP contribution in [0, 0.1) is 0 Å². The smallest absolute Gasteiger partial charge is 0.306 e. The zero-order valence-electron chi connectivity index (χ0n) is 46.5. The molecule has 0 aromatic rings. The summed E-state index contributed by atoms with van der Waals surface area (Å²) in [5, 5.41) is 0. The molecular formula is C65H110O6. The second-order valence-electron chi connectivity index (χ2n) is 19.5. The van der Waals surface area contributed by atoms with E-state index in [9.17, 15) is 14.4 Å². The van der Waals surface area contributed by atoms with E-state index in [0.29, 0.717) is 19.3 Å². The Morgan fingerprint density at radius 3 is 0.873 bits per heavy atom. The van der Waals surface area contributed by atoms with E-state index >= 15 is 0 Å². The number of allylic oxidation sites excluding steroid dienone is 16. The fraction of sp³-hybridized carbons (Fsp3) is 0.708. The third kappa shape index (κ3) is 57.1. The summed E-state index contributed by atoms with van der Waals surface area (Å²) in [7, 11) is 0. The molecule has 71 heavy (non-hydrogen) atoms. The van der Waals surface area contributed by atoms with Gasteiger partial charge in [-0.25, -0.2) is 0 Å². The number of hydrogen-bond acceptors (Lipinski definition) is 6. The number of carbonyl (C=O) groups excluding carboxylic acids is 3. The van der Waals surface area contributed by atoms with Gasteiger partial charge in [-0.05, 0) is 122 Å². The van der Waals surface area contributed by atoms with E-state index in [1.807, 2.05) is 0 Å². The standard InChI is InChI=1S/C65H110O6/c1-4-7-10-13-16-19-22-25-28-29-30-31-32-33-34-35-38-40-43-46-49-52-55-58-64(67)70-61-62(71-65(68)59-56-53-50-47-44-41-37-27-24-21-18-15-12-9-6-3)60-69-63(66)57-54-51-48-45-42-39-36-26-23-20-17-14-11-8-5-2/h7,10,16,19,25-28,30-31,33-34,36-38,40,62H,4-6,8-9,11-15,17-18,20-24,29,32,35,39,41-61H2,1-3H3/b10-7-,19-16-,28-25-,31-30-,34-33-,36-26-,37-27-,40-38-. The molecule has 6 heteroatoms. The molecule has 0 spiro atoms. The SMILES string of the molecule is CC/C=C\C/C=C\C/C=C\C/C=C\C/C=C\C/C=C\CCCCCCC(=O)OCC(COC(=O)CCCCCCC/C=C\CCCCCCCC)OC(=O)CCCCCCC/C=C\CCCCCCCC. The van der Waals surface area contributed by atoms with Gasteiger partial charge in [-0.3, -0.25) is 14.4 Å². The predicted molar refractivity (Wildman–Crippen MR) is 307 cm³/mol. The minimum absolute atomic E-state index is 0.0934. The minimum Gasteiger partial charge on any atom is -0.462 e. The molecular weight excluding hydrogens is 877 g/mol. The van der Waals surface area contributed by atoms with Gasteiger partial charge in [0.15, 0.2) is 6.10 Å². The van der Waals surface area contributed by atoms with Gasteiger partial charge in [0.2, 0.25) is 0 Å². The van der Waals surface area contributed by atoms with Crippen LogP contribution >= 0.6 is 0 Å². The lowest BCUT2D eigenvalue weighted by atomic mass is 10.1. The highest BCUT2D eigenvalue weighted by Gasteiger charge is 2.19. The molecule has 0 radical (unpaired) electrons. The van der Waals surface area contributed by atoms with Crippen LogP contribution in [0.2, 0.25) is 0 Å². The minimum atomic E-state index is -0.797. The molecule has 0 saturated heterocycles. The second kappa shape index (κ2) is 58.9. The lowest BCUT2D eigenvalue weighted by Gasteiger charge is -2.18. The Labute approximate surface area is 438 Å². The van der Waals surface area contributed by atoms with E-state index in [0.717, 1.165) is 128 Å². The number of esters is 3. The summed E-state index contributed by atoms with van der Waals surface area (Å²) in [5.74, 6) is -0.931. The lowest BCUT2D eigenvalue weighted by molar-refractivity contribution is -0.167. The first-order valence-corrected chi connectivity index (χ1v) is 29.7. The average molecular weight is 988 g/mol. The van der Waals surface area contributed by atoms with Crippen LogP contribution in [0.25, 0.3) is 0 Å². The van der Waals surface area contributed by atoms with Crippen molar-refractivity contribution in [2.45, 2.75) is 284 Å². The van der Waals surface area contributed by atoms with Crippen LogP contribution in [-0.2, 0) is 28.6 Å². The Hall–Kier alpha value is -3.67. The zero-order chi connectivity index (χ0) is 51.4. The van der Waals surface area contributed by atoms with Crippen molar-refractivity contribution in [3.05, 3.63) is 97.2 Å². The number of rotatable bonds is 53. The van der Waals surface area contributed by atoms with Crippen LogP contribution in [0.1, 0.15) is 278 Å². The van der Waals surface area contributed by atoms with Crippen molar-refractivity contribution < 1.29 is 28.6 Å². The third-order valence-corrected chi connectivity index (χ3v) is 12.5. The quantitative estimate of drug-likeness (QED) is 0.0261. The Balaban J connectivity index is 4.44. The zero-order valence-corrected chi connectivity index (χ0v) is 46.5. The van der Waals surface area contributed by atoms with Gasteiger partial charge in [0.25, 0.3) is 0 Å². The number of hydrogen-bond donors (Lipinski definition) is 0. The van der Waals surface area contributed by atoms with Gasteiger partial charge in [-0.1, -0.05) is 234 Å². The average Bonchev–Trinajstić information content (AvgIpc) is 3.37. The monoisotopic (exact) mass is 987 g/mol. The molecule has 0 saturated carbocycles. The first kappa shape index (κ1) is 67.3. The Kier molecular flexibility index (Phi) is 55.9. The molecule has 1 atom stereocenters. The van der Waals surface area contributed by atoms with E-state index in [1.165, 1.54) is 109 Å². The molecule has 0 aliphatic heterocycles. The van der Waals surface area contributed by atoms with Crippen molar-refractivity contribution in [3.8, 4) is 0 Å². The van der Waals surface area contributed by atoms with Crippen LogP contribution < -0.4 is 0 Å². The molecule has 0 fully saturated rings. The van der Waals surface area contributed by atoms with E-state index in [4.69, 9.17) is 14.2 Å². The molecule has 1 unspecified atom stereocenters. The molecule has 0 aliphatic carbocycles. The maximum Gasteiger partial charge on any atom is 0.306 e. The maximum atomic E-state index is 12.9. The van der Waals surface area contributed by atoms with Crippen molar-refractivity contribution in [1.82, 2.24) is 0 Å². The number of unbranched alkanes of at least 4 members (excludes halogenated alkanes) is 26. The third-order valence-electron chi connectivity index (χ3n) is 12.5. The largest absolute Gasteiger partial charge is 0.462 e. The Bertz CT molecular complexity index is 1410. The molecule has 0 bridgehead atoms. The summed E-state index contributed by atoms with van der Waals surface area (Å²) >= 11 is 0. The predicted octanol–water partition coefficient (Wildman–Crippen LogP) is 20.1. The summed E-state index contributed by atoms with van der Waals surface area (Å²) in [6, 6.07) is 0. The number of ether oxygens (including phenoxy) is 3. The lowest BCUT2D eigenvalue weighted by Crippen LogP contribution is -2.30. The highest BCUT2D eigenvalue weighted by atomic mass is 16.6. The Morgan fingerprint density at radius 2 is 0.549 bits per heavy atom. The highest BCUT2D eigenvalue weighted by molar-refractivity contribution is 5.71. The van der Waals surface area contributed by atoms with Gasteiger partial charge in [-0.2, -0.15) is 0 Å². The van der Waals surface area contributed by atoms with Crippen LogP contribution in [0.15, 0.2) is 97.2 Å². The maximum absolute atomic E-state index is 12.9. The topological polar surface area (TPSA) is 78.9 Å². The molecule has 406 valence electrons. The molecule has 0 aromatic carbocycles. The highest BCUT2D eigenvalue weighted by Crippen LogP contribution is 2.14. The Morgan fingerprint density at radius 1 is 0.296 bits per heavy atom. The first-order valence-electron chi connectivity index (χ1n) is 29.7. The van der Waals surface area contributed by atoms with Crippen molar-refractivity contribution in [2.75, 3.05) is 13.2 Å². The van der Waals surface area contributed by atoms with Gasteiger partial charge in [0.1, 0.15) is 13.2 Å². The van der Waals surface area contributed by atoms with Crippen LogP contribution in [0.3, 0.4) is 0 Å². The van der Waals surface area contributed by atoms with Gasteiger partial charge in [0, 0.05) is 19.3 Å². The van der Waals surface area contributed by atoms with Gasteiger partial charge in [-0.15, -0.1) is 0 Å². The molecule has 6 nitrogen and oxygen atoms in total. The fourth-order valence-electron chi connectivity index (χ4n) is 8.08. The first-order chi connectivity index (χ1) is 35.0. The summed E-state index contributed by atoms with van der Waals surface area (Å²) < 4.78 is 16.9. The van der Waals surface area contributed by atoms with Gasteiger partial charge >= 0.3 is 17.9 Å². The molecule has 0 amide bonds. The van der Waals surface area contributed by atoms with Crippen molar-refractivity contribution in [2.24, 2.45) is 0 Å². The number of carbonyl (C=O) groups is 3. The van der Waals surface area contributed by atoms with Gasteiger partial charge < -0.3 is 14.2 Å². The molecule has 0 rings (SSSR count). The summed E-state index contributed by atoms with van der Waals surface area (Å²) in [6.45, 7) is 6.49. The van der Waals surface area contributed by atoms with E-state index in [-0.39, 0.29) is 31.1 Å². The normalized spacial score (nSPS) is 12.8. The molecule has 0 N–H and O–H groups in total. The molecule has 0 aromatic heterocycles. The van der Waals surface area contributed by atoms with E-state index < -0.39 is 6.10 Å².